The highest BCUT2D eigenvalue weighted by atomic mass is 35.5. The van der Waals surface area contributed by atoms with Gasteiger partial charge in [0.25, 0.3) is 0 Å². The summed E-state index contributed by atoms with van der Waals surface area (Å²) in [7, 11) is 0. The van der Waals surface area contributed by atoms with Crippen molar-refractivity contribution in [2.24, 2.45) is 0 Å². The smallest absolute Gasteiger partial charge is 0.147 e. The Morgan fingerprint density at radius 1 is 1.25 bits per heavy atom. The average Bonchev–Trinajstić information content (AvgIpc) is 2.81. The number of imidazole rings is 1. The van der Waals surface area contributed by atoms with Gasteiger partial charge in [-0.3, -0.25) is 0 Å². The molecular formula is C16H23ClN2O. The summed E-state index contributed by atoms with van der Waals surface area (Å²) in [5.74, 6) is 2.55. The van der Waals surface area contributed by atoms with Crippen LogP contribution in [0, 0.1) is 0 Å². The molecule has 0 aliphatic carbocycles. The number of alkyl halides is 1. The van der Waals surface area contributed by atoms with Gasteiger partial charge in [-0.25, -0.2) is 4.98 Å². The first kappa shape index (κ1) is 15.2. The van der Waals surface area contributed by atoms with Crippen LogP contribution in [-0.4, -0.2) is 22.0 Å². The van der Waals surface area contributed by atoms with Crippen molar-refractivity contribution in [2.75, 3.05) is 12.5 Å². The highest BCUT2D eigenvalue weighted by molar-refractivity contribution is 6.17. The van der Waals surface area contributed by atoms with Gasteiger partial charge in [-0.05, 0) is 25.0 Å². The molecule has 0 atom stereocenters. The van der Waals surface area contributed by atoms with Gasteiger partial charge in [-0.2, -0.15) is 0 Å². The quantitative estimate of drug-likeness (QED) is 0.675. The van der Waals surface area contributed by atoms with Crippen LogP contribution >= 0.6 is 11.6 Å². The summed E-state index contributed by atoms with van der Waals surface area (Å²) in [4.78, 5) is 4.76. The normalized spacial score (nSPS) is 11.2. The van der Waals surface area contributed by atoms with Crippen molar-refractivity contribution in [3.63, 3.8) is 0 Å². The fraction of sp³-hybridized carbons (Fsp3) is 0.562. The predicted molar refractivity (Wildman–Crippen MR) is 84.9 cm³/mol. The number of halogens is 1. The van der Waals surface area contributed by atoms with Crippen LogP contribution in [0.3, 0.4) is 0 Å². The summed E-state index contributed by atoms with van der Waals surface area (Å²) in [5.41, 5.74) is 2.13. The van der Waals surface area contributed by atoms with Crippen LogP contribution in [0.2, 0.25) is 0 Å². The van der Waals surface area contributed by atoms with E-state index < -0.39 is 0 Å². The Hall–Kier alpha value is -1.22. The minimum absolute atomic E-state index is 0.598. The van der Waals surface area contributed by atoms with E-state index in [-0.39, 0.29) is 0 Å². The van der Waals surface area contributed by atoms with Crippen molar-refractivity contribution >= 4 is 22.6 Å². The van der Waals surface area contributed by atoms with Crippen molar-refractivity contribution < 1.29 is 4.74 Å². The van der Waals surface area contributed by atoms with Gasteiger partial charge in [0.2, 0.25) is 0 Å². The number of hydrogen-bond acceptors (Lipinski definition) is 2. The van der Waals surface area contributed by atoms with E-state index in [1.807, 2.05) is 12.1 Å². The van der Waals surface area contributed by atoms with Crippen LogP contribution < -0.4 is 4.74 Å². The molecule has 20 heavy (non-hydrogen) atoms. The number of aryl methyl sites for hydroxylation is 2. The van der Waals surface area contributed by atoms with Crippen molar-refractivity contribution in [2.45, 2.75) is 46.1 Å². The van der Waals surface area contributed by atoms with Gasteiger partial charge in [0.05, 0.1) is 12.1 Å². The number of fused-ring (bicyclic) bond motifs is 1. The maximum Gasteiger partial charge on any atom is 0.147 e. The van der Waals surface area contributed by atoms with Gasteiger partial charge >= 0.3 is 0 Å². The fourth-order valence-electron chi connectivity index (χ4n) is 2.34. The lowest BCUT2D eigenvalue weighted by atomic mass is 10.2. The second kappa shape index (κ2) is 7.53. The van der Waals surface area contributed by atoms with E-state index in [1.165, 1.54) is 6.42 Å². The topological polar surface area (TPSA) is 27.1 Å². The molecule has 110 valence electrons. The molecule has 2 aromatic rings. The third-order valence-corrected chi connectivity index (χ3v) is 3.52. The van der Waals surface area contributed by atoms with Crippen LogP contribution in [0.1, 0.15) is 38.9 Å². The average molecular weight is 295 g/mol. The van der Waals surface area contributed by atoms with Crippen LogP contribution in [-0.2, 0) is 13.0 Å². The van der Waals surface area contributed by atoms with Crippen LogP contribution in [0.15, 0.2) is 18.2 Å². The van der Waals surface area contributed by atoms with Gasteiger partial charge < -0.3 is 9.30 Å². The molecule has 0 amide bonds. The Balaban J connectivity index is 2.42. The molecule has 0 bridgehead atoms. The van der Waals surface area contributed by atoms with Gasteiger partial charge in [-0.1, -0.05) is 26.3 Å². The summed E-state index contributed by atoms with van der Waals surface area (Å²) in [6, 6.07) is 6.16. The predicted octanol–water partition coefficient (Wildman–Crippen LogP) is 4.41. The zero-order chi connectivity index (χ0) is 14.4. The minimum Gasteiger partial charge on any atom is -0.491 e. The van der Waals surface area contributed by atoms with Gasteiger partial charge in [-0.15, -0.1) is 11.6 Å². The van der Waals surface area contributed by atoms with Crippen LogP contribution in [0.5, 0.6) is 5.75 Å². The van der Waals surface area contributed by atoms with Crippen molar-refractivity contribution in [3.05, 3.63) is 24.0 Å². The van der Waals surface area contributed by atoms with E-state index in [0.717, 1.165) is 55.0 Å². The van der Waals surface area contributed by atoms with E-state index in [2.05, 4.69) is 24.5 Å². The first-order chi connectivity index (χ1) is 9.81. The summed E-state index contributed by atoms with van der Waals surface area (Å²) in [5, 5.41) is 0. The molecule has 1 heterocycles. The Morgan fingerprint density at radius 3 is 2.80 bits per heavy atom. The lowest BCUT2D eigenvalue weighted by molar-refractivity contribution is 0.320. The van der Waals surface area contributed by atoms with Crippen molar-refractivity contribution in [1.82, 2.24) is 9.55 Å². The molecule has 0 radical (unpaired) electrons. The van der Waals surface area contributed by atoms with Gasteiger partial charge in [0.15, 0.2) is 0 Å². The lowest BCUT2D eigenvalue weighted by Gasteiger charge is -2.08. The maximum absolute atomic E-state index is 5.91. The molecule has 1 aromatic heterocycles. The largest absolute Gasteiger partial charge is 0.491 e. The summed E-state index contributed by atoms with van der Waals surface area (Å²) in [6.45, 7) is 6.04. The molecule has 0 aliphatic heterocycles. The molecule has 0 aliphatic rings. The first-order valence-electron chi connectivity index (χ1n) is 7.48. The van der Waals surface area contributed by atoms with Crippen LogP contribution in [0.4, 0.5) is 0 Å². The fourth-order valence-corrected chi connectivity index (χ4v) is 2.51. The molecule has 3 nitrogen and oxygen atoms in total. The molecule has 4 heteroatoms. The second-order valence-electron chi connectivity index (χ2n) is 4.94. The molecule has 0 N–H and O–H groups in total. The number of benzene rings is 1. The number of para-hydroxylation sites is 1. The van der Waals surface area contributed by atoms with Gasteiger partial charge in [0, 0.05) is 18.8 Å². The lowest BCUT2D eigenvalue weighted by Crippen LogP contribution is -2.04. The molecule has 0 fully saturated rings. The number of nitrogens with zero attached hydrogens (tertiary/aromatic N) is 2. The Bertz CT molecular complexity index is 551. The third-order valence-electron chi connectivity index (χ3n) is 3.34. The molecule has 0 unspecified atom stereocenters. The highest BCUT2D eigenvalue weighted by Crippen LogP contribution is 2.27. The molecule has 0 saturated heterocycles. The van der Waals surface area contributed by atoms with E-state index in [1.54, 1.807) is 0 Å². The van der Waals surface area contributed by atoms with E-state index in [4.69, 9.17) is 21.3 Å². The molecule has 0 spiro atoms. The summed E-state index contributed by atoms with van der Waals surface area (Å²) < 4.78 is 8.10. The molecule has 2 rings (SSSR count). The van der Waals surface area contributed by atoms with E-state index in [0.29, 0.717) is 5.88 Å². The Labute approximate surface area is 125 Å². The summed E-state index contributed by atoms with van der Waals surface area (Å²) in [6.07, 6.45) is 4.13. The van der Waals surface area contributed by atoms with Crippen molar-refractivity contribution in [3.8, 4) is 5.75 Å². The zero-order valence-corrected chi connectivity index (χ0v) is 13.1. The molecule has 0 saturated carbocycles. The SMILES string of the molecule is CCCCn1c(CCCl)nc2c(OCCC)cccc21. The number of unbranched alkanes of at least 4 members (excludes halogenated alkanes) is 1. The van der Waals surface area contributed by atoms with E-state index in [9.17, 15) is 0 Å². The van der Waals surface area contributed by atoms with Gasteiger partial charge in [0.1, 0.15) is 17.1 Å². The number of aromatic nitrogens is 2. The number of ether oxygens (including phenoxy) is 1. The third kappa shape index (κ3) is 3.26. The zero-order valence-electron chi connectivity index (χ0n) is 12.4. The minimum atomic E-state index is 0.598. The monoisotopic (exact) mass is 294 g/mol. The van der Waals surface area contributed by atoms with Crippen LogP contribution in [0.25, 0.3) is 11.0 Å². The molecule has 1 aromatic carbocycles. The highest BCUT2D eigenvalue weighted by Gasteiger charge is 2.13. The van der Waals surface area contributed by atoms with E-state index >= 15 is 0 Å². The molecular weight excluding hydrogens is 272 g/mol. The van der Waals surface area contributed by atoms with Crippen molar-refractivity contribution in [1.29, 1.82) is 0 Å². The Morgan fingerprint density at radius 2 is 2.10 bits per heavy atom. The Kier molecular flexibility index (Phi) is 5.72. The maximum atomic E-state index is 5.91. The summed E-state index contributed by atoms with van der Waals surface area (Å²) >= 11 is 5.91. The number of rotatable bonds is 8. The second-order valence-corrected chi connectivity index (χ2v) is 5.32. The first-order valence-corrected chi connectivity index (χ1v) is 8.02. The standard InChI is InChI=1S/C16H23ClN2O/c1-3-5-11-19-13-7-6-8-14(20-12-4-2)16(13)18-15(19)9-10-17/h6-8H,3-5,9-12H2,1-2H3. The number of hydrogen-bond donors (Lipinski definition) is 0.